The Balaban J connectivity index is 2.20. The zero-order valence-electron chi connectivity index (χ0n) is 12.0. The van der Waals surface area contributed by atoms with Gasteiger partial charge in [-0.25, -0.2) is 0 Å². The first kappa shape index (κ1) is 15.4. The van der Waals surface area contributed by atoms with Crippen LogP contribution in [0.5, 0.6) is 0 Å². The molecule has 1 aliphatic rings. The third kappa shape index (κ3) is 5.36. The van der Waals surface area contributed by atoms with E-state index in [-0.39, 0.29) is 11.9 Å². The summed E-state index contributed by atoms with van der Waals surface area (Å²) in [5.74, 6) is 0.0314. The minimum absolute atomic E-state index is 0.0314. The zero-order chi connectivity index (χ0) is 13.4. The summed E-state index contributed by atoms with van der Waals surface area (Å²) in [6.07, 6.45) is 6.40. The van der Waals surface area contributed by atoms with Crippen molar-refractivity contribution in [2.24, 2.45) is 5.73 Å². The maximum Gasteiger partial charge on any atom is 0.237 e. The third-order valence-electron chi connectivity index (χ3n) is 3.70. The molecule has 0 aromatic rings. The van der Waals surface area contributed by atoms with Crippen LogP contribution in [0.25, 0.3) is 0 Å². The molecule has 0 unspecified atom stereocenters. The van der Waals surface area contributed by atoms with Crippen LogP contribution in [0.3, 0.4) is 0 Å². The van der Waals surface area contributed by atoms with E-state index in [9.17, 15) is 4.79 Å². The molecule has 0 bridgehead atoms. The molecule has 106 valence electrons. The minimum atomic E-state index is -0.326. The number of hydrogen-bond donors (Lipinski definition) is 2. The fourth-order valence-electron chi connectivity index (χ4n) is 2.43. The van der Waals surface area contributed by atoms with Gasteiger partial charge >= 0.3 is 0 Å². The quantitative estimate of drug-likeness (QED) is 0.725. The molecule has 0 aliphatic carbocycles. The first-order valence-corrected chi connectivity index (χ1v) is 7.45. The molecule has 18 heavy (non-hydrogen) atoms. The average Bonchev–Trinajstić information content (AvgIpc) is 2.38. The molecule has 1 atom stereocenters. The highest BCUT2D eigenvalue weighted by molar-refractivity contribution is 5.81. The van der Waals surface area contributed by atoms with Crippen LogP contribution < -0.4 is 11.1 Å². The molecule has 0 aromatic heterocycles. The van der Waals surface area contributed by atoms with Gasteiger partial charge < -0.3 is 16.0 Å². The van der Waals surface area contributed by atoms with Gasteiger partial charge in [-0.2, -0.15) is 0 Å². The Morgan fingerprint density at radius 3 is 2.56 bits per heavy atom. The van der Waals surface area contributed by atoms with Crippen LogP contribution in [0.15, 0.2) is 0 Å². The number of carbonyl (C=O) groups is 1. The first-order chi connectivity index (χ1) is 8.67. The van der Waals surface area contributed by atoms with E-state index in [0.717, 1.165) is 38.8 Å². The number of unbranched alkanes of at least 4 members (excludes halogenated alkanes) is 1. The fourth-order valence-corrected chi connectivity index (χ4v) is 2.43. The molecule has 3 N–H and O–H groups in total. The number of rotatable bonds is 7. The maximum absolute atomic E-state index is 11.8. The molecule has 1 fully saturated rings. The lowest BCUT2D eigenvalue weighted by molar-refractivity contribution is -0.123. The van der Waals surface area contributed by atoms with Gasteiger partial charge in [0, 0.05) is 19.1 Å². The SMILES string of the molecule is CCCCN1CCC(NC(=O)[C@H](N)CCC)CC1. The van der Waals surface area contributed by atoms with E-state index >= 15 is 0 Å². The van der Waals surface area contributed by atoms with Crippen molar-refractivity contribution in [1.82, 2.24) is 10.2 Å². The maximum atomic E-state index is 11.8. The van der Waals surface area contributed by atoms with Crippen molar-refractivity contribution in [2.75, 3.05) is 19.6 Å². The number of hydrogen-bond acceptors (Lipinski definition) is 3. The second-order valence-corrected chi connectivity index (χ2v) is 5.37. The van der Waals surface area contributed by atoms with E-state index < -0.39 is 0 Å². The Labute approximate surface area is 111 Å². The van der Waals surface area contributed by atoms with Crippen LogP contribution in [0, 0.1) is 0 Å². The normalized spacial score (nSPS) is 19.7. The highest BCUT2D eigenvalue weighted by atomic mass is 16.2. The second kappa shape index (κ2) is 8.48. The standard InChI is InChI=1S/C14H29N3O/c1-3-5-9-17-10-7-12(8-11-17)16-14(18)13(15)6-4-2/h12-13H,3-11,15H2,1-2H3,(H,16,18)/t13-/m1/s1. The van der Waals surface area contributed by atoms with Crippen LogP contribution in [0.1, 0.15) is 52.4 Å². The van der Waals surface area contributed by atoms with Crippen LogP contribution in [0.2, 0.25) is 0 Å². The van der Waals surface area contributed by atoms with Crippen molar-refractivity contribution in [1.29, 1.82) is 0 Å². The summed E-state index contributed by atoms with van der Waals surface area (Å²) in [6, 6.07) is 0.00593. The van der Waals surface area contributed by atoms with Gasteiger partial charge in [0.1, 0.15) is 0 Å². The van der Waals surface area contributed by atoms with E-state index in [1.54, 1.807) is 0 Å². The fraction of sp³-hybridized carbons (Fsp3) is 0.929. The molecule has 4 heteroatoms. The van der Waals surface area contributed by atoms with Crippen LogP contribution in [-0.2, 0) is 4.79 Å². The van der Waals surface area contributed by atoms with Crippen molar-refractivity contribution in [3.63, 3.8) is 0 Å². The molecule has 0 spiro atoms. The number of nitrogens with zero attached hydrogens (tertiary/aromatic N) is 1. The van der Waals surface area contributed by atoms with Crippen LogP contribution >= 0.6 is 0 Å². The summed E-state index contributed by atoms with van der Waals surface area (Å²) in [7, 11) is 0. The first-order valence-electron chi connectivity index (χ1n) is 7.45. The second-order valence-electron chi connectivity index (χ2n) is 5.37. The van der Waals surface area contributed by atoms with Gasteiger partial charge in [-0.1, -0.05) is 26.7 Å². The van der Waals surface area contributed by atoms with E-state index in [0.29, 0.717) is 6.04 Å². The smallest absolute Gasteiger partial charge is 0.237 e. The Hall–Kier alpha value is -0.610. The van der Waals surface area contributed by atoms with Crippen molar-refractivity contribution in [3.05, 3.63) is 0 Å². The van der Waals surface area contributed by atoms with Gasteiger partial charge in [0.2, 0.25) is 5.91 Å². The predicted molar refractivity (Wildman–Crippen MR) is 75.4 cm³/mol. The molecule has 1 aliphatic heterocycles. The van der Waals surface area contributed by atoms with Crippen molar-refractivity contribution >= 4 is 5.91 Å². The summed E-state index contributed by atoms with van der Waals surface area (Å²) >= 11 is 0. The number of carbonyl (C=O) groups excluding carboxylic acids is 1. The molecule has 1 heterocycles. The lowest BCUT2D eigenvalue weighted by atomic mass is 10.0. The Morgan fingerprint density at radius 1 is 1.33 bits per heavy atom. The largest absolute Gasteiger partial charge is 0.352 e. The molecule has 1 saturated heterocycles. The molecular weight excluding hydrogens is 226 g/mol. The average molecular weight is 255 g/mol. The van der Waals surface area contributed by atoms with Crippen molar-refractivity contribution in [2.45, 2.75) is 64.5 Å². The highest BCUT2D eigenvalue weighted by Crippen LogP contribution is 2.11. The number of nitrogens with one attached hydrogen (secondary N) is 1. The van der Waals surface area contributed by atoms with E-state index in [4.69, 9.17) is 5.73 Å². The number of amides is 1. The van der Waals surface area contributed by atoms with Crippen LogP contribution in [-0.4, -0.2) is 42.5 Å². The molecular formula is C14H29N3O. The number of likely N-dealkylation sites (tertiary alicyclic amines) is 1. The number of nitrogens with two attached hydrogens (primary N) is 1. The number of piperidine rings is 1. The van der Waals surface area contributed by atoms with Gasteiger partial charge in [-0.3, -0.25) is 4.79 Å². The Bertz CT molecular complexity index is 237. The van der Waals surface area contributed by atoms with E-state index in [2.05, 4.69) is 24.1 Å². The molecule has 0 aromatic carbocycles. The van der Waals surface area contributed by atoms with E-state index in [1.165, 1.54) is 19.4 Å². The van der Waals surface area contributed by atoms with Crippen molar-refractivity contribution < 1.29 is 4.79 Å². The lowest BCUT2D eigenvalue weighted by Crippen LogP contribution is -2.49. The van der Waals surface area contributed by atoms with Gasteiger partial charge in [0.25, 0.3) is 0 Å². The summed E-state index contributed by atoms with van der Waals surface area (Å²) in [5, 5.41) is 3.09. The predicted octanol–water partition coefficient (Wildman–Crippen LogP) is 1.49. The lowest BCUT2D eigenvalue weighted by Gasteiger charge is -2.32. The minimum Gasteiger partial charge on any atom is -0.352 e. The molecule has 1 amide bonds. The summed E-state index contributed by atoms with van der Waals surface area (Å²) in [6.45, 7) is 7.69. The Kier molecular flexibility index (Phi) is 7.28. The van der Waals surface area contributed by atoms with Gasteiger partial charge in [-0.05, 0) is 32.2 Å². The third-order valence-corrected chi connectivity index (χ3v) is 3.70. The van der Waals surface area contributed by atoms with Gasteiger partial charge in [0.15, 0.2) is 0 Å². The Morgan fingerprint density at radius 2 is 2.00 bits per heavy atom. The van der Waals surface area contributed by atoms with Crippen LogP contribution in [0.4, 0.5) is 0 Å². The molecule has 4 nitrogen and oxygen atoms in total. The van der Waals surface area contributed by atoms with Gasteiger partial charge in [-0.15, -0.1) is 0 Å². The van der Waals surface area contributed by atoms with Gasteiger partial charge in [0.05, 0.1) is 6.04 Å². The molecule has 1 rings (SSSR count). The summed E-state index contributed by atoms with van der Waals surface area (Å²) in [5.41, 5.74) is 5.82. The molecule has 0 saturated carbocycles. The zero-order valence-corrected chi connectivity index (χ0v) is 12.0. The summed E-state index contributed by atoms with van der Waals surface area (Å²) < 4.78 is 0. The van der Waals surface area contributed by atoms with E-state index in [1.807, 2.05) is 0 Å². The monoisotopic (exact) mass is 255 g/mol. The van der Waals surface area contributed by atoms with Crippen molar-refractivity contribution in [3.8, 4) is 0 Å². The topological polar surface area (TPSA) is 58.4 Å². The summed E-state index contributed by atoms with van der Waals surface area (Å²) in [4.78, 5) is 14.3. The molecule has 0 radical (unpaired) electrons. The highest BCUT2D eigenvalue weighted by Gasteiger charge is 2.22.